The highest BCUT2D eigenvalue weighted by Crippen LogP contribution is 2.46. The lowest BCUT2D eigenvalue weighted by Gasteiger charge is -2.53. The van der Waals surface area contributed by atoms with Crippen LogP contribution in [-0.2, 0) is 12.0 Å². The van der Waals surface area contributed by atoms with Crippen LogP contribution in [0.3, 0.4) is 0 Å². The lowest BCUT2D eigenvalue weighted by Crippen LogP contribution is -2.64. The van der Waals surface area contributed by atoms with Gasteiger partial charge in [0, 0.05) is 17.5 Å². The van der Waals surface area contributed by atoms with Crippen molar-refractivity contribution in [3.63, 3.8) is 0 Å². The maximum absolute atomic E-state index is 5.05. The second kappa shape index (κ2) is 4.79. The molecule has 1 saturated carbocycles. The Morgan fingerprint density at radius 3 is 2.55 bits per heavy atom. The fourth-order valence-corrected chi connectivity index (χ4v) is 5.30. The van der Waals surface area contributed by atoms with E-state index in [0.717, 1.165) is 18.4 Å². The predicted molar refractivity (Wildman–Crippen MR) is 83.2 cm³/mol. The average molecular weight is 291 g/mol. The predicted octanol–water partition coefficient (Wildman–Crippen LogP) is 2.69. The summed E-state index contributed by atoms with van der Waals surface area (Å²) in [5.74, 6) is 0.795. The molecule has 1 aromatic rings. The van der Waals surface area contributed by atoms with E-state index in [0.29, 0.717) is 0 Å². The molecule has 1 aliphatic carbocycles. The molecule has 4 heteroatoms. The number of nitrogens with zero attached hydrogens (tertiary/aromatic N) is 2. The number of fused-ring (bicyclic) bond motifs is 3. The van der Waals surface area contributed by atoms with E-state index in [9.17, 15) is 0 Å². The summed E-state index contributed by atoms with van der Waals surface area (Å²) in [5.41, 5.74) is 1.49. The molecule has 3 aliphatic heterocycles. The van der Waals surface area contributed by atoms with Crippen molar-refractivity contribution in [3.05, 3.63) is 15.6 Å². The summed E-state index contributed by atoms with van der Waals surface area (Å²) in [7, 11) is 0. The zero-order valence-corrected chi connectivity index (χ0v) is 13.4. The molecule has 0 amide bonds. The fourth-order valence-electron chi connectivity index (χ4n) is 4.07. The average Bonchev–Trinajstić information content (AvgIpc) is 3.19. The highest BCUT2D eigenvalue weighted by molar-refractivity contribution is 7.11. The molecule has 2 bridgehead atoms. The molecule has 4 aliphatic rings. The normalized spacial score (nSPS) is 36.5. The van der Waals surface area contributed by atoms with E-state index in [4.69, 9.17) is 4.98 Å². The van der Waals surface area contributed by atoms with Crippen molar-refractivity contribution in [1.82, 2.24) is 15.2 Å². The standard InChI is InChI=1S/C16H25N3S/c1-3-14-11(2)20-15(17-14)16(18-13-4-5-13)10-19-8-6-12(16)7-9-19/h12-13,18H,3-10H2,1-2H3. The lowest BCUT2D eigenvalue weighted by atomic mass is 9.73. The number of aromatic nitrogens is 1. The van der Waals surface area contributed by atoms with Crippen LogP contribution in [0.2, 0.25) is 0 Å². The number of hydrogen-bond donors (Lipinski definition) is 1. The Balaban J connectivity index is 1.73. The maximum Gasteiger partial charge on any atom is 0.115 e. The van der Waals surface area contributed by atoms with Crippen LogP contribution in [0.25, 0.3) is 0 Å². The molecule has 110 valence electrons. The van der Waals surface area contributed by atoms with Gasteiger partial charge < -0.3 is 10.2 Å². The summed E-state index contributed by atoms with van der Waals surface area (Å²) in [6.07, 6.45) is 6.48. The number of nitrogens with one attached hydrogen (secondary N) is 1. The lowest BCUT2D eigenvalue weighted by molar-refractivity contribution is 0.00170. The molecule has 0 spiro atoms. The summed E-state index contributed by atoms with van der Waals surface area (Å²) in [5, 5.41) is 5.41. The molecule has 4 fully saturated rings. The van der Waals surface area contributed by atoms with Crippen LogP contribution >= 0.6 is 11.3 Å². The van der Waals surface area contributed by atoms with Gasteiger partial charge in [-0.2, -0.15) is 0 Å². The Morgan fingerprint density at radius 2 is 2.05 bits per heavy atom. The summed E-state index contributed by atoms with van der Waals surface area (Å²) < 4.78 is 0. The largest absolute Gasteiger partial charge is 0.301 e. The molecule has 20 heavy (non-hydrogen) atoms. The van der Waals surface area contributed by atoms with Gasteiger partial charge in [-0.25, -0.2) is 4.98 Å². The van der Waals surface area contributed by atoms with E-state index >= 15 is 0 Å². The molecular weight excluding hydrogens is 266 g/mol. The third-order valence-electron chi connectivity index (χ3n) is 5.41. The Hall–Kier alpha value is -0.450. The number of hydrogen-bond acceptors (Lipinski definition) is 4. The summed E-state index contributed by atoms with van der Waals surface area (Å²) in [4.78, 5) is 9.13. The van der Waals surface area contributed by atoms with Gasteiger partial charge in [-0.05, 0) is 58.0 Å². The molecule has 4 heterocycles. The highest BCUT2D eigenvalue weighted by atomic mass is 32.1. The number of thiazole rings is 1. The van der Waals surface area contributed by atoms with Crippen molar-refractivity contribution in [3.8, 4) is 0 Å². The van der Waals surface area contributed by atoms with Crippen molar-refractivity contribution in [1.29, 1.82) is 0 Å². The Labute approximate surface area is 125 Å². The molecular formula is C16H25N3S. The van der Waals surface area contributed by atoms with E-state index in [2.05, 4.69) is 24.1 Å². The molecule has 5 rings (SSSR count). The Morgan fingerprint density at radius 1 is 1.30 bits per heavy atom. The van der Waals surface area contributed by atoms with Gasteiger partial charge in [-0.1, -0.05) is 6.92 Å². The van der Waals surface area contributed by atoms with E-state index in [1.165, 1.54) is 60.9 Å². The Bertz CT molecular complexity index is 496. The molecule has 1 atom stereocenters. The van der Waals surface area contributed by atoms with Crippen LogP contribution in [0.1, 0.15) is 48.2 Å². The van der Waals surface area contributed by atoms with Crippen molar-refractivity contribution >= 4 is 11.3 Å². The van der Waals surface area contributed by atoms with Crippen LogP contribution in [0.15, 0.2) is 0 Å². The molecule has 3 nitrogen and oxygen atoms in total. The summed E-state index contributed by atoms with van der Waals surface area (Å²) >= 11 is 1.95. The summed E-state index contributed by atoms with van der Waals surface area (Å²) in [6.45, 7) is 8.24. The minimum absolute atomic E-state index is 0.167. The van der Waals surface area contributed by atoms with Crippen molar-refractivity contribution in [2.75, 3.05) is 19.6 Å². The van der Waals surface area contributed by atoms with Gasteiger partial charge in [0.05, 0.1) is 11.2 Å². The molecule has 3 saturated heterocycles. The molecule has 0 radical (unpaired) electrons. The smallest absolute Gasteiger partial charge is 0.115 e. The first kappa shape index (κ1) is 13.2. The molecule has 0 aromatic carbocycles. The first-order chi connectivity index (χ1) is 9.71. The van der Waals surface area contributed by atoms with Crippen LogP contribution in [0.5, 0.6) is 0 Å². The first-order valence-electron chi connectivity index (χ1n) is 8.18. The number of aryl methyl sites for hydroxylation is 2. The SMILES string of the molecule is CCc1nc(C2(NC3CC3)CN3CCC2CC3)sc1C. The highest BCUT2D eigenvalue weighted by Gasteiger charge is 2.51. The van der Waals surface area contributed by atoms with Crippen molar-refractivity contribution in [2.24, 2.45) is 5.92 Å². The topological polar surface area (TPSA) is 28.2 Å². The molecule has 1 aromatic heterocycles. The van der Waals surface area contributed by atoms with Gasteiger partial charge in [-0.15, -0.1) is 11.3 Å². The number of rotatable bonds is 4. The molecule has 1 unspecified atom stereocenters. The minimum atomic E-state index is 0.167. The second-order valence-corrected chi connectivity index (χ2v) is 8.02. The van der Waals surface area contributed by atoms with E-state index < -0.39 is 0 Å². The van der Waals surface area contributed by atoms with Crippen LogP contribution in [0, 0.1) is 12.8 Å². The third kappa shape index (κ3) is 2.04. The van der Waals surface area contributed by atoms with Crippen LogP contribution < -0.4 is 5.32 Å². The van der Waals surface area contributed by atoms with Crippen LogP contribution in [-0.4, -0.2) is 35.6 Å². The van der Waals surface area contributed by atoms with Crippen molar-refractivity contribution < 1.29 is 0 Å². The quantitative estimate of drug-likeness (QED) is 0.924. The Kier molecular flexibility index (Phi) is 3.17. The van der Waals surface area contributed by atoms with E-state index in [1.807, 2.05) is 11.3 Å². The van der Waals surface area contributed by atoms with E-state index in [-0.39, 0.29) is 5.54 Å². The van der Waals surface area contributed by atoms with E-state index in [1.54, 1.807) is 0 Å². The monoisotopic (exact) mass is 291 g/mol. The maximum atomic E-state index is 5.05. The first-order valence-corrected chi connectivity index (χ1v) is 9.00. The van der Waals surface area contributed by atoms with Gasteiger partial charge in [0.2, 0.25) is 0 Å². The zero-order valence-electron chi connectivity index (χ0n) is 12.6. The third-order valence-corrected chi connectivity index (χ3v) is 6.60. The number of piperidine rings is 3. The van der Waals surface area contributed by atoms with Gasteiger partial charge in [0.15, 0.2) is 0 Å². The fraction of sp³-hybridized carbons (Fsp3) is 0.812. The van der Waals surface area contributed by atoms with Gasteiger partial charge in [0.25, 0.3) is 0 Å². The van der Waals surface area contributed by atoms with Crippen LogP contribution in [0.4, 0.5) is 0 Å². The zero-order chi connectivity index (χ0) is 13.7. The minimum Gasteiger partial charge on any atom is -0.301 e. The molecule has 1 N–H and O–H groups in total. The van der Waals surface area contributed by atoms with Gasteiger partial charge in [0.1, 0.15) is 5.01 Å². The summed E-state index contributed by atoms with van der Waals surface area (Å²) in [6, 6.07) is 0.754. The van der Waals surface area contributed by atoms with Crippen molar-refractivity contribution in [2.45, 2.75) is 57.5 Å². The van der Waals surface area contributed by atoms with Gasteiger partial charge >= 0.3 is 0 Å². The second-order valence-electron chi connectivity index (χ2n) is 6.82. The van der Waals surface area contributed by atoms with Gasteiger partial charge in [-0.3, -0.25) is 0 Å².